The van der Waals surface area contributed by atoms with Crippen LogP contribution < -0.4 is 18.9 Å². The van der Waals surface area contributed by atoms with Crippen LogP contribution in [0.15, 0.2) is 54.6 Å². The van der Waals surface area contributed by atoms with Gasteiger partial charge in [0.15, 0.2) is 23.0 Å². The summed E-state index contributed by atoms with van der Waals surface area (Å²) in [5.74, 6) is 2.00. The lowest BCUT2D eigenvalue weighted by Crippen LogP contribution is -2.07. The molecule has 4 rings (SSSR count). The molecule has 182 valence electrons. The molecule has 0 bridgehead atoms. The van der Waals surface area contributed by atoms with Gasteiger partial charge in [0.05, 0.1) is 46.4 Å². The van der Waals surface area contributed by atoms with Crippen LogP contribution in [0.1, 0.15) is 11.1 Å². The van der Waals surface area contributed by atoms with Gasteiger partial charge in [-0.1, -0.05) is 17.7 Å². The average molecular weight is 497 g/mol. The Hall–Kier alpha value is -3.71. The van der Waals surface area contributed by atoms with Crippen molar-refractivity contribution in [2.24, 2.45) is 0 Å². The minimum atomic E-state index is -0.392. The molecule has 0 saturated carbocycles. The third-order valence-corrected chi connectivity index (χ3v) is 6.23. The van der Waals surface area contributed by atoms with Gasteiger partial charge in [-0.15, -0.1) is 0 Å². The maximum atomic E-state index is 14.7. The van der Waals surface area contributed by atoms with E-state index < -0.39 is 5.82 Å². The highest BCUT2D eigenvalue weighted by Gasteiger charge is 2.21. The molecular weight excluding hydrogens is 471 g/mol. The fourth-order valence-electron chi connectivity index (χ4n) is 4.11. The summed E-state index contributed by atoms with van der Waals surface area (Å²) < 4.78 is 38.2. The molecule has 0 aliphatic carbocycles. The van der Waals surface area contributed by atoms with Crippen molar-refractivity contribution in [2.45, 2.75) is 13.5 Å². The van der Waals surface area contributed by atoms with Gasteiger partial charge in [-0.3, -0.25) is 4.68 Å². The summed E-state index contributed by atoms with van der Waals surface area (Å²) in [6.07, 6.45) is 0. The van der Waals surface area contributed by atoms with E-state index >= 15 is 0 Å². The first kappa shape index (κ1) is 24.4. The predicted molar refractivity (Wildman–Crippen MR) is 135 cm³/mol. The quantitative estimate of drug-likeness (QED) is 0.282. The monoisotopic (exact) mass is 496 g/mol. The van der Waals surface area contributed by atoms with E-state index in [9.17, 15) is 4.39 Å². The number of halogens is 2. The summed E-state index contributed by atoms with van der Waals surface area (Å²) >= 11 is 6.35. The molecule has 0 aliphatic rings. The number of aromatic nitrogens is 2. The van der Waals surface area contributed by atoms with Crippen LogP contribution in [0.3, 0.4) is 0 Å². The number of hydrogen-bond acceptors (Lipinski definition) is 5. The summed E-state index contributed by atoms with van der Waals surface area (Å²) in [7, 11) is 6.34. The number of benzene rings is 3. The van der Waals surface area contributed by atoms with Crippen LogP contribution in [-0.2, 0) is 6.54 Å². The molecule has 35 heavy (non-hydrogen) atoms. The van der Waals surface area contributed by atoms with Crippen LogP contribution in [0.5, 0.6) is 23.0 Å². The highest BCUT2D eigenvalue weighted by Crippen LogP contribution is 2.39. The van der Waals surface area contributed by atoms with Crippen LogP contribution in [0.4, 0.5) is 4.39 Å². The molecule has 0 aliphatic heterocycles. The minimum absolute atomic E-state index is 0.142. The molecule has 0 spiro atoms. The molecule has 3 aromatic carbocycles. The van der Waals surface area contributed by atoms with Crippen LogP contribution in [0, 0.1) is 12.7 Å². The van der Waals surface area contributed by atoms with Gasteiger partial charge in [-0.25, -0.2) is 4.39 Å². The Bertz CT molecular complexity index is 1350. The van der Waals surface area contributed by atoms with E-state index in [2.05, 4.69) is 0 Å². The van der Waals surface area contributed by atoms with Crippen molar-refractivity contribution in [1.29, 1.82) is 0 Å². The summed E-state index contributed by atoms with van der Waals surface area (Å²) in [6.45, 7) is 2.12. The first-order chi connectivity index (χ1) is 16.9. The fourth-order valence-corrected chi connectivity index (χ4v) is 4.33. The van der Waals surface area contributed by atoms with E-state index in [1.54, 1.807) is 45.3 Å². The Labute approximate surface area is 208 Å². The molecule has 0 atom stereocenters. The van der Waals surface area contributed by atoms with Crippen LogP contribution in [-0.4, -0.2) is 38.2 Å². The van der Waals surface area contributed by atoms with E-state index in [0.717, 1.165) is 28.1 Å². The van der Waals surface area contributed by atoms with Gasteiger partial charge in [-0.2, -0.15) is 5.10 Å². The predicted octanol–water partition coefficient (Wildman–Crippen LogP) is 6.40. The van der Waals surface area contributed by atoms with Crippen molar-refractivity contribution in [2.75, 3.05) is 28.4 Å². The van der Waals surface area contributed by atoms with Crippen molar-refractivity contribution in [3.05, 3.63) is 76.6 Å². The standard InChI is InChI=1S/C27H26ClFN2O4/c1-16-26(17-9-11-22(32-2)24(13-17)34-4)30-31(15-19-20(28)7-6-8-21(19)29)27(16)18-10-12-23(33-3)25(14-18)35-5/h6-14H,15H2,1-5H3. The van der Waals surface area contributed by atoms with Gasteiger partial charge in [0, 0.05) is 27.3 Å². The summed E-state index contributed by atoms with van der Waals surface area (Å²) in [6, 6.07) is 15.9. The topological polar surface area (TPSA) is 54.7 Å². The Balaban J connectivity index is 1.93. The Morgan fingerprint density at radius 1 is 0.800 bits per heavy atom. The van der Waals surface area contributed by atoms with Gasteiger partial charge in [0.25, 0.3) is 0 Å². The smallest absolute Gasteiger partial charge is 0.161 e. The zero-order chi connectivity index (χ0) is 25.1. The molecule has 0 radical (unpaired) electrons. The molecule has 6 nitrogen and oxygen atoms in total. The molecular formula is C27H26ClFN2O4. The number of nitrogens with zero attached hydrogens (tertiary/aromatic N) is 2. The zero-order valence-electron chi connectivity index (χ0n) is 20.2. The molecule has 0 N–H and O–H groups in total. The van der Waals surface area contributed by atoms with Crippen molar-refractivity contribution in [1.82, 2.24) is 9.78 Å². The van der Waals surface area contributed by atoms with Gasteiger partial charge in [0.1, 0.15) is 5.82 Å². The lowest BCUT2D eigenvalue weighted by Gasteiger charge is -2.13. The van der Waals surface area contributed by atoms with E-state index in [-0.39, 0.29) is 6.54 Å². The van der Waals surface area contributed by atoms with E-state index in [4.69, 9.17) is 35.6 Å². The lowest BCUT2D eigenvalue weighted by molar-refractivity contribution is 0.355. The summed E-state index contributed by atoms with van der Waals surface area (Å²) in [5, 5.41) is 5.22. The third-order valence-electron chi connectivity index (χ3n) is 5.87. The highest BCUT2D eigenvalue weighted by molar-refractivity contribution is 6.31. The largest absolute Gasteiger partial charge is 0.493 e. The van der Waals surface area contributed by atoms with Gasteiger partial charge in [-0.05, 0) is 55.5 Å². The van der Waals surface area contributed by atoms with E-state index in [1.807, 2.05) is 43.3 Å². The maximum Gasteiger partial charge on any atom is 0.161 e. The van der Waals surface area contributed by atoms with Crippen LogP contribution in [0.2, 0.25) is 5.02 Å². The minimum Gasteiger partial charge on any atom is -0.493 e. The van der Waals surface area contributed by atoms with Crippen molar-refractivity contribution in [3.63, 3.8) is 0 Å². The molecule has 1 aromatic heterocycles. The molecule has 4 aromatic rings. The third kappa shape index (κ3) is 4.64. The Morgan fingerprint density at radius 2 is 1.37 bits per heavy atom. The SMILES string of the molecule is COc1ccc(-c2nn(Cc3c(F)cccc3Cl)c(-c3ccc(OC)c(OC)c3)c2C)cc1OC. The molecule has 0 saturated heterocycles. The Morgan fingerprint density at radius 3 is 1.94 bits per heavy atom. The second-order valence-corrected chi connectivity index (χ2v) is 8.23. The van der Waals surface area contributed by atoms with Crippen molar-refractivity contribution in [3.8, 4) is 45.5 Å². The van der Waals surface area contributed by atoms with Gasteiger partial charge >= 0.3 is 0 Å². The second-order valence-electron chi connectivity index (χ2n) is 7.82. The van der Waals surface area contributed by atoms with E-state index in [0.29, 0.717) is 33.6 Å². The van der Waals surface area contributed by atoms with Gasteiger partial charge < -0.3 is 18.9 Å². The first-order valence-corrected chi connectivity index (χ1v) is 11.2. The van der Waals surface area contributed by atoms with E-state index in [1.165, 1.54) is 6.07 Å². The molecule has 0 amide bonds. The van der Waals surface area contributed by atoms with Crippen molar-refractivity contribution >= 4 is 11.6 Å². The highest BCUT2D eigenvalue weighted by atomic mass is 35.5. The molecule has 0 unspecified atom stereocenters. The second kappa shape index (κ2) is 10.3. The number of rotatable bonds is 8. The molecule has 8 heteroatoms. The fraction of sp³-hybridized carbons (Fsp3) is 0.222. The first-order valence-electron chi connectivity index (χ1n) is 10.9. The summed E-state index contributed by atoms with van der Waals surface area (Å²) in [5.41, 5.74) is 4.46. The van der Waals surface area contributed by atoms with Gasteiger partial charge in [0.2, 0.25) is 0 Å². The Kier molecular flexibility index (Phi) is 7.17. The van der Waals surface area contributed by atoms with Crippen molar-refractivity contribution < 1.29 is 23.3 Å². The summed E-state index contributed by atoms with van der Waals surface area (Å²) in [4.78, 5) is 0. The normalized spacial score (nSPS) is 10.8. The average Bonchev–Trinajstić information content (AvgIpc) is 3.20. The zero-order valence-corrected chi connectivity index (χ0v) is 20.9. The number of hydrogen-bond donors (Lipinski definition) is 0. The number of methoxy groups -OCH3 is 4. The number of ether oxygens (including phenoxy) is 4. The maximum absolute atomic E-state index is 14.7. The van der Waals surface area contributed by atoms with Crippen LogP contribution in [0.25, 0.3) is 22.5 Å². The lowest BCUT2D eigenvalue weighted by atomic mass is 10.0. The molecule has 0 fully saturated rings. The molecule has 1 heterocycles. The van der Waals surface area contributed by atoms with Crippen LogP contribution >= 0.6 is 11.6 Å².